The van der Waals surface area contributed by atoms with Gasteiger partial charge in [-0.2, -0.15) is 0 Å². The summed E-state index contributed by atoms with van der Waals surface area (Å²) in [4.78, 5) is 40.2. The Morgan fingerprint density at radius 2 is 1.49 bits per heavy atom. The molecule has 1 atom stereocenters. The summed E-state index contributed by atoms with van der Waals surface area (Å²) in [5.74, 6) is 0.321. The second kappa shape index (κ2) is 15.7. The van der Waals surface area contributed by atoms with Gasteiger partial charge in [-0.25, -0.2) is 0 Å². The molecule has 3 amide bonds. The SMILES string of the molecule is COc1ccc(OC)c(/C=C(\NC(=O)c2ccccc2)C(=O)Nc2ccc(SC(C)C(=O)Nc3cc(Cl)ccc3OC)cc2)c1. The van der Waals surface area contributed by atoms with Crippen molar-refractivity contribution in [1.82, 2.24) is 5.32 Å². The van der Waals surface area contributed by atoms with Gasteiger partial charge in [0.2, 0.25) is 5.91 Å². The van der Waals surface area contributed by atoms with Crippen LogP contribution >= 0.6 is 23.4 Å². The molecule has 0 saturated heterocycles. The molecule has 0 saturated carbocycles. The number of carbonyl (C=O) groups excluding carboxylic acids is 3. The maximum absolute atomic E-state index is 13.5. The molecular weight excluding hydrogens is 614 g/mol. The molecule has 1 unspecified atom stereocenters. The molecule has 3 N–H and O–H groups in total. The summed E-state index contributed by atoms with van der Waals surface area (Å²) in [6.07, 6.45) is 1.52. The van der Waals surface area contributed by atoms with E-state index in [2.05, 4.69) is 16.0 Å². The second-order valence-corrected chi connectivity index (χ2v) is 11.4. The lowest BCUT2D eigenvalue weighted by atomic mass is 10.1. The van der Waals surface area contributed by atoms with Crippen LogP contribution in [0, 0.1) is 0 Å². The number of nitrogens with one attached hydrogen (secondary N) is 3. The lowest BCUT2D eigenvalue weighted by Gasteiger charge is -2.15. The van der Waals surface area contributed by atoms with Crippen molar-refractivity contribution in [3.8, 4) is 17.2 Å². The number of methoxy groups -OCH3 is 3. The molecular formula is C34H32ClN3O6S. The van der Waals surface area contributed by atoms with Crippen molar-refractivity contribution in [2.75, 3.05) is 32.0 Å². The number of hydrogen-bond donors (Lipinski definition) is 3. The summed E-state index contributed by atoms with van der Waals surface area (Å²) >= 11 is 7.42. The zero-order valence-electron chi connectivity index (χ0n) is 25.1. The van der Waals surface area contributed by atoms with Gasteiger partial charge < -0.3 is 30.2 Å². The standard InChI is InChI=1S/C34H32ClN3O6S/c1-21(32(39)37-28-20-24(35)10-16-31(28)44-4)45-27-14-11-25(12-15-27)36-34(41)29(38-33(40)22-8-6-5-7-9-22)19-23-18-26(42-2)13-17-30(23)43-3/h5-21H,1-4H3,(H,36,41)(H,37,39)(H,38,40)/b29-19-. The van der Waals surface area contributed by atoms with Crippen molar-refractivity contribution in [1.29, 1.82) is 0 Å². The molecule has 0 fully saturated rings. The lowest BCUT2D eigenvalue weighted by Crippen LogP contribution is -2.30. The summed E-state index contributed by atoms with van der Waals surface area (Å²) in [6, 6.07) is 25.7. The third-order valence-electron chi connectivity index (χ3n) is 6.48. The molecule has 4 aromatic rings. The van der Waals surface area contributed by atoms with E-state index in [9.17, 15) is 14.4 Å². The van der Waals surface area contributed by atoms with Crippen molar-refractivity contribution >= 4 is 58.5 Å². The van der Waals surface area contributed by atoms with E-state index in [1.165, 1.54) is 39.2 Å². The normalized spacial score (nSPS) is 11.6. The lowest BCUT2D eigenvalue weighted by molar-refractivity contribution is -0.115. The van der Waals surface area contributed by atoms with E-state index < -0.39 is 17.1 Å². The summed E-state index contributed by atoms with van der Waals surface area (Å²) in [7, 11) is 4.56. The third kappa shape index (κ3) is 9.04. The van der Waals surface area contributed by atoms with Crippen molar-refractivity contribution in [2.45, 2.75) is 17.1 Å². The molecule has 0 bridgehead atoms. The average molecular weight is 646 g/mol. The van der Waals surface area contributed by atoms with E-state index in [4.69, 9.17) is 25.8 Å². The van der Waals surface area contributed by atoms with Gasteiger partial charge in [0.15, 0.2) is 0 Å². The van der Waals surface area contributed by atoms with Gasteiger partial charge in [-0.05, 0) is 85.8 Å². The van der Waals surface area contributed by atoms with Gasteiger partial charge in [0, 0.05) is 26.7 Å². The van der Waals surface area contributed by atoms with Crippen LogP contribution in [0.25, 0.3) is 6.08 Å². The van der Waals surface area contributed by atoms with Crippen LogP contribution in [0.15, 0.2) is 102 Å². The zero-order valence-corrected chi connectivity index (χ0v) is 26.6. The number of amides is 3. The van der Waals surface area contributed by atoms with Crippen molar-refractivity contribution < 1.29 is 28.6 Å². The van der Waals surface area contributed by atoms with Crippen LogP contribution < -0.4 is 30.2 Å². The van der Waals surface area contributed by atoms with Crippen LogP contribution in [0.4, 0.5) is 11.4 Å². The van der Waals surface area contributed by atoms with Crippen LogP contribution in [-0.2, 0) is 9.59 Å². The van der Waals surface area contributed by atoms with Gasteiger partial charge >= 0.3 is 0 Å². The monoisotopic (exact) mass is 645 g/mol. The number of thioether (sulfide) groups is 1. The first kappa shape index (κ1) is 33.0. The fourth-order valence-electron chi connectivity index (χ4n) is 4.14. The molecule has 0 heterocycles. The van der Waals surface area contributed by atoms with Gasteiger partial charge in [-0.1, -0.05) is 29.8 Å². The van der Waals surface area contributed by atoms with Crippen LogP contribution in [0.5, 0.6) is 17.2 Å². The summed E-state index contributed by atoms with van der Waals surface area (Å²) in [6.45, 7) is 1.78. The molecule has 0 aliphatic rings. The minimum absolute atomic E-state index is 0.00408. The molecule has 0 aliphatic heterocycles. The Hall–Kier alpha value is -4.93. The van der Waals surface area contributed by atoms with Crippen LogP contribution in [0.1, 0.15) is 22.8 Å². The number of ether oxygens (including phenoxy) is 3. The molecule has 9 nitrogen and oxygen atoms in total. The highest BCUT2D eigenvalue weighted by Crippen LogP contribution is 2.31. The number of halogens is 1. The molecule has 4 rings (SSSR count). The van der Waals surface area contributed by atoms with Crippen molar-refractivity contribution in [3.05, 3.63) is 113 Å². The van der Waals surface area contributed by atoms with E-state index in [1.807, 2.05) is 0 Å². The highest BCUT2D eigenvalue weighted by atomic mass is 35.5. The Labute approximate surface area is 270 Å². The maximum atomic E-state index is 13.5. The predicted octanol–water partition coefficient (Wildman–Crippen LogP) is 6.89. The average Bonchev–Trinajstić information content (AvgIpc) is 3.05. The quantitative estimate of drug-likeness (QED) is 0.113. The molecule has 0 radical (unpaired) electrons. The fourth-order valence-corrected chi connectivity index (χ4v) is 5.17. The first-order chi connectivity index (χ1) is 21.7. The number of rotatable bonds is 12. The van der Waals surface area contributed by atoms with Crippen LogP contribution in [-0.4, -0.2) is 44.3 Å². The predicted molar refractivity (Wildman–Crippen MR) is 178 cm³/mol. The molecule has 0 spiro atoms. The molecule has 232 valence electrons. The third-order valence-corrected chi connectivity index (χ3v) is 7.83. The number of carbonyl (C=O) groups is 3. The van der Waals surface area contributed by atoms with E-state index in [-0.39, 0.29) is 11.6 Å². The maximum Gasteiger partial charge on any atom is 0.272 e. The topological polar surface area (TPSA) is 115 Å². The molecule has 0 aliphatic carbocycles. The second-order valence-electron chi connectivity index (χ2n) is 9.56. The molecule has 4 aromatic carbocycles. The Bertz CT molecular complexity index is 1700. The van der Waals surface area contributed by atoms with Gasteiger partial charge in [0.1, 0.15) is 22.9 Å². The van der Waals surface area contributed by atoms with Gasteiger partial charge in [-0.3, -0.25) is 14.4 Å². The smallest absolute Gasteiger partial charge is 0.272 e. The Morgan fingerprint density at radius 3 is 2.16 bits per heavy atom. The zero-order chi connectivity index (χ0) is 32.3. The van der Waals surface area contributed by atoms with E-state index in [0.29, 0.717) is 44.8 Å². The number of hydrogen-bond acceptors (Lipinski definition) is 7. The minimum Gasteiger partial charge on any atom is -0.497 e. The highest BCUT2D eigenvalue weighted by Gasteiger charge is 2.19. The molecule has 11 heteroatoms. The first-order valence-electron chi connectivity index (χ1n) is 13.7. The highest BCUT2D eigenvalue weighted by molar-refractivity contribution is 8.00. The van der Waals surface area contributed by atoms with Gasteiger partial charge in [0.25, 0.3) is 11.8 Å². The largest absolute Gasteiger partial charge is 0.497 e. The minimum atomic E-state index is -0.548. The van der Waals surface area contributed by atoms with Crippen molar-refractivity contribution in [2.24, 2.45) is 0 Å². The number of anilines is 2. The Kier molecular flexibility index (Phi) is 11.5. The van der Waals surface area contributed by atoms with E-state index in [1.54, 1.807) is 97.9 Å². The summed E-state index contributed by atoms with van der Waals surface area (Å²) in [5.41, 5.74) is 1.89. The Balaban J connectivity index is 1.49. The van der Waals surface area contributed by atoms with E-state index >= 15 is 0 Å². The van der Waals surface area contributed by atoms with Crippen LogP contribution in [0.2, 0.25) is 5.02 Å². The van der Waals surface area contributed by atoms with Crippen molar-refractivity contribution in [3.63, 3.8) is 0 Å². The van der Waals surface area contributed by atoms with Gasteiger partial charge in [0.05, 0.1) is 32.3 Å². The first-order valence-corrected chi connectivity index (χ1v) is 15.0. The molecule has 0 aromatic heterocycles. The number of benzene rings is 4. The van der Waals surface area contributed by atoms with Crippen LogP contribution in [0.3, 0.4) is 0 Å². The van der Waals surface area contributed by atoms with Gasteiger partial charge in [-0.15, -0.1) is 11.8 Å². The Morgan fingerprint density at radius 1 is 0.800 bits per heavy atom. The fraction of sp³-hybridized carbons (Fsp3) is 0.147. The van der Waals surface area contributed by atoms with E-state index in [0.717, 1.165) is 4.90 Å². The summed E-state index contributed by atoms with van der Waals surface area (Å²) < 4.78 is 16.1. The molecule has 45 heavy (non-hydrogen) atoms. The summed E-state index contributed by atoms with van der Waals surface area (Å²) in [5, 5.41) is 8.43.